The van der Waals surface area contributed by atoms with Gasteiger partial charge in [-0.25, -0.2) is 0 Å². The Morgan fingerprint density at radius 2 is 1.64 bits per heavy atom. The molecule has 14 heavy (non-hydrogen) atoms. The smallest absolute Gasteiger partial charge is 0.00682 e. The summed E-state index contributed by atoms with van der Waals surface area (Å²) in [6, 6.07) is 1.24. The SMILES string of the molecule is CCCNC1CCC(N)CC1.CNC. The molecular formula is C11H27N3. The summed E-state index contributed by atoms with van der Waals surface area (Å²) >= 11 is 0. The highest BCUT2D eigenvalue weighted by molar-refractivity contribution is 4.78. The van der Waals surface area contributed by atoms with Crippen molar-refractivity contribution in [3.8, 4) is 0 Å². The van der Waals surface area contributed by atoms with Crippen molar-refractivity contribution in [1.29, 1.82) is 0 Å². The fourth-order valence-electron chi connectivity index (χ4n) is 1.67. The predicted molar refractivity (Wildman–Crippen MR) is 63.5 cm³/mol. The van der Waals surface area contributed by atoms with E-state index in [0.717, 1.165) is 6.04 Å². The highest BCUT2D eigenvalue weighted by Gasteiger charge is 2.16. The molecular weight excluding hydrogens is 174 g/mol. The van der Waals surface area contributed by atoms with Crippen LogP contribution in [0.3, 0.4) is 0 Å². The third-order valence-electron chi connectivity index (χ3n) is 2.45. The second-order valence-electron chi connectivity index (χ2n) is 4.07. The molecule has 0 aromatic carbocycles. The number of nitrogens with two attached hydrogens (primary N) is 1. The maximum absolute atomic E-state index is 5.80. The van der Waals surface area contributed by atoms with Gasteiger partial charge >= 0.3 is 0 Å². The van der Waals surface area contributed by atoms with Gasteiger partial charge in [-0.05, 0) is 52.7 Å². The molecule has 0 heterocycles. The van der Waals surface area contributed by atoms with Gasteiger partial charge in [0.15, 0.2) is 0 Å². The van der Waals surface area contributed by atoms with Crippen LogP contribution in [0.15, 0.2) is 0 Å². The lowest BCUT2D eigenvalue weighted by molar-refractivity contribution is 0.343. The molecule has 0 aliphatic heterocycles. The van der Waals surface area contributed by atoms with E-state index in [1.54, 1.807) is 0 Å². The van der Waals surface area contributed by atoms with Gasteiger partial charge in [0.1, 0.15) is 0 Å². The first-order valence-corrected chi connectivity index (χ1v) is 5.82. The predicted octanol–water partition coefficient (Wildman–Crippen LogP) is 1.09. The van der Waals surface area contributed by atoms with E-state index >= 15 is 0 Å². The maximum Gasteiger partial charge on any atom is 0.00682 e. The minimum Gasteiger partial charge on any atom is -0.328 e. The minimum absolute atomic E-state index is 0.481. The van der Waals surface area contributed by atoms with E-state index in [4.69, 9.17) is 5.73 Å². The monoisotopic (exact) mass is 201 g/mol. The molecule has 0 saturated heterocycles. The Kier molecular flexibility index (Phi) is 9.35. The molecule has 0 aromatic rings. The molecule has 86 valence electrons. The molecule has 0 bridgehead atoms. The van der Waals surface area contributed by atoms with Crippen molar-refractivity contribution in [1.82, 2.24) is 10.6 Å². The van der Waals surface area contributed by atoms with E-state index in [-0.39, 0.29) is 0 Å². The lowest BCUT2D eigenvalue weighted by atomic mass is 9.92. The van der Waals surface area contributed by atoms with E-state index < -0.39 is 0 Å². The van der Waals surface area contributed by atoms with Crippen molar-refractivity contribution in [3.63, 3.8) is 0 Å². The standard InChI is InChI=1S/C9H20N2.C2H7N/c1-2-7-11-9-5-3-8(10)4-6-9;1-3-2/h8-9,11H,2-7,10H2,1H3;3H,1-2H3. The van der Waals surface area contributed by atoms with Gasteiger partial charge in [0, 0.05) is 12.1 Å². The van der Waals surface area contributed by atoms with Crippen molar-refractivity contribution >= 4 is 0 Å². The van der Waals surface area contributed by atoms with Crippen LogP contribution in [0.5, 0.6) is 0 Å². The van der Waals surface area contributed by atoms with Crippen molar-refractivity contribution in [3.05, 3.63) is 0 Å². The molecule has 0 aromatic heterocycles. The van der Waals surface area contributed by atoms with Gasteiger partial charge in [-0.1, -0.05) is 6.92 Å². The Hall–Kier alpha value is -0.120. The summed E-state index contributed by atoms with van der Waals surface area (Å²) in [5.74, 6) is 0. The summed E-state index contributed by atoms with van der Waals surface area (Å²) in [7, 11) is 3.75. The van der Waals surface area contributed by atoms with Crippen molar-refractivity contribution in [2.24, 2.45) is 5.73 Å². The summed E-state index contributed by atoms with van der Waals surface area (Å²) in [4.78, 5) is 0. The van der Waals surface area contributed by atoms with E-state index in [9.17, 15) is 0 Å². The van der Waals surface area contributed by atoms with Gasteiger partial charge < -0.3 is 16.4 Å². The van der Waals surface area contributed by atoms with Crippen LogP contribution in [-0.2, 0) is 0 Å². The molecule has 1 aliphatic rings. The molecule has 4 N–H and O–H groups in total. The molecule has 3 heteroatoms. The highest BCUT2D eigenvalue weighted by Crippen LogP contribution is 2.16. The van der Waals surface area contributed by atoms with E-state index in [1.165, 1.54) is 38.6 Å². The molecule has 0 amide bonds. The number of hydrogen-bond donors (Lipinski definition) is 3. The van der Waals surface area contributed by atoms with Crippen LogP contribution in [0.2, 0.25) is 0 Å². The fourth-order valence-corrected chi connectivity index (χ4v) is 1.67. The third-order valence-corrected chi connectivity index (χ3v) is 2.45. The lowest BCUT2D eigenvalue weighted by Gasteiger charge is -2.26. The van der Waals surface area contributed by atoms with Crippen LogP contribution < -0.4 is 16.4 Å². The highest BCUT2D eigenvalue weighted by atomic mass is 14.9. The van der Waals surface area contributed by atoms with Gasteiger partial charge in [-0.15, -0.1) is 0 Å². The molecule has 1 saturated carbocycles. The molecule has 0 unspecified atom stereocenters. The Bertz CT molecular complexity index is 106. The molecule has 3 nitrogen and oxygen atoms in total. The molecule has 0 spiro atoms. The average molecular weight is 201 g/mol. The van der Waals surface area contributed by atoms with Crippen molar-refractivity contribution in [2.75, 3.05) is 20.6 Å². The largest absolute Gasteiger partial charge is 0.328 e. The average Bonchev–Trinajstić information content (AvgIpc) is 2.18. The molecule has 0 radical (unpaired) electrons. The Morgan fingerprint density at radius 3 is 2.07 bits per heavy atom. The fraction of sp³-hybridized carbons (Fsp3) is 1.00. The van der Waals surface area contributed by atoms with E-state index in [0.29, 0.717) is 6.04 Å². The summed E-state index contributed by atoms with van der Waals surface area (Å²) < 4.78 is 0. The second kappa shape index (κ2) is 9.44. The van der Waals surface area contributed by atoms with Crippen LogP contribution in [-0.4, -0.2) is 32.7 Å². The zero-order valence-corrected chi connectivity index (χ0v) is 9.97. The molecule has 1 aliphatic carbocycles. The first-order valence-electron chi connectivity index (χ1n) is 5.82. The minimum atomic E-state index is 0.481. The first kappa shape index (κ1) is 13.9. The van der Waals surface area contributed by atoms with Crippen LogP contribution >= 0.6 is 0 Å². The summed E-state index contributed by atoms with van der Waals surface area (Å²) in [6.45, 7) is 3.38. The molecule has 1 rings (SSSR count). The van der Waals surface area contributed by atoms with Gasteiger partial charge in [0.2, 0.25) is 0 Å². The summed E-state index contributed by atoms with van der Waals surface area (Å²) in [5, 5.41) is 6.29. The Balaban J connectivity index is 0.000000500. The van der Waals surface area contributed by atoms with E-state index in [2.05, 4.69) is 17.6 Å². The Morgan fingerprint density at radius 1 is 1.14 bits per heavy atom. The van der Waals surface area contributed by atoms with Crippen LogP contribution in [0.4, 0.5) is 0 Å². The third kappa shape index (κ3) is 7.30. The zero-order chi connectivity index (χ0) is 10.8. The summed E-state index contributed by atoms with van der Waals surface area (Å²) in [6.07, 6.45) is 6.22. The molecule has 0 atom stereocenters. The van der Waals surface area contributed by atoms with Gasteiger partial charge in [-0.3, -0.25) is 0 Å². The second-order valence-corrected chi connectivity index (χ2v) is 4.07. The first-order chi connectivity index (χ1) is 6.74. The summed E-state index contributed by atoms with van der Waals surface area (Å²) in [5.41, 5.74) is 5.80. The van der Waals surface area contributed by atoms with Gasteiger partial charge in [-0.2, -0.15) is 0 Å². The normalized spacial score (nSPS) is 26.6. The van der Waals surface area contributed by atoms with Gasteiger partial charge in [0.25, 0.3) is 0 Å². The van der Waals surface area contributed by atoms with Crippen molar-refractivity contribution in [2.45, 2.75) is 51.1 Å². The lowest BCUT2D eigenvalue weighted by Crippen LogP contribution is -2.37. The maximum atomic E-state index is 5.80. The molecule has 1 fully saturated rings. The van der Waals surface area contributed by atoms with Crippen molar-refractivity contribution < 1.29 is 0 Å². The quantitative estimate of drug-likeness (QED) is 0.641. The number of hydrogen-bond acceptors (Lipinski definition) is 3. The van der Waals surface area contributed by atoms with Crippen LogP contribution in [0, 0.1) is 0 Å². The topological polar surface area (TPSA) is 50.1 Å². The number of nitrogens with one attached hydrogen (secondary N) is 2. The zero-order valence-electron chi connectivity index (χ0n) is 9.97. The van der Waals surface area contributed by atoms with Gasteiger partial charge in [0.05, 0.1) is 0 Å². The Labute approximate surface area is 88.8 Å². The van der Waals surface area contributed by atoms with E-state index in [1.807, 2.05) is 14.1 Å². The van der Waals surface area contributed by atoms with Crippen LogP contribution in [0.1, 0.15) is 39.0 Å². The van der Waals surface area contributed by atoms with Crippen LogP contribution in [0.25, 0.3) is 0 Å². The number of rotatable bonds is 3.